The Morgan fingerprint density at radius 2 is 1.88 bits per heavy atom. The third kappa shape index (κ3) is 4.29. The van der Waals surface area contributed by atoms with Gasteiger partial charge in [-0.15, -0.1) is 0 Å². The molecular formula is C14H21NO2. The Bertz CT molecular complexity index is 357. The molecule has 0 saturated carbocycles. The Hall–Kier alpha value is -1.19. The van der Waals surface area contributed by atoms with E-state index >= 15 is 0 Å². The number of Topliss-reactive ketones (excluding diaryl/α,β-unsaturated/α-hetero) is 1. The Morgan fingerprint density at radius 1 is 1.29 bits per heavy atom. The third-order valence-electron chi connectivity index (χ3n) is 2.84. The molecule has 0 amide bonds. The minimum absolute atomic E-state index is 0.0827. The molecule has 0 fully saturated rings. The number of hydrogen-bond acceptors (Lipinski definition) is 3. The van der Waals surface area contributed by atoms with E-state index in [1.165, 1.54) is 0 Å². The first-order valence-corrected chi connectivity index (χ1v) is 5.99. The van der Waals surface area contributed by atoms with Gasteiger partial charge in [-0.05, 0) is 20.8 Å². The number of aliphatic hydroxyl groups excluding tert-OH is 1. The average molecular weight is 235 g/mol. The molecule has 0 bridgehead atoms. The average Bonchev–Trinajstić information content (AvgIpc) is 2.29. The molecule has 0 unspecified atom stereocenters. The first-order valence-electron chi connectivity index (χ1n) is 5.99. The maximum absolute atomic E-state index is 12.0. The van der Waals surface area contributed by atoms with Crippen molar-refractivity contribution in [2.45, 2.75) is 26.8 Å². The molecule has 3 heteroatoms. The van der Waals surface area contributed by atoms with E-state index in [-0.39, 0.29) is 18.4 Å². The molecule has 0 radical (unpaired) electrons. The van der Waals surface area contributed by atoms with Gasteiger partial charge >= 0.3 is 0 Å². The van der Waals surface area contributed by atoms with Gasteiger partial charge in [0.15, 0.2) is 5.78 Å². The van der Waals surface area contributed by atoms with Crippen molar-refractivity contribution in [3.63, 3.8) is 0 Å². The lowest BCUT2D eigenvalue weighted by atomic mass is 10.1. The molecular weight excluding hydrogens is 214 g/mol. The minimum atomic E-state index is 0.0827. The maximum atomic E-state index is 12.0. The summed E-state index contributed by atoms with van der Waals surface area (Å²) in [6.45, 7) is 7.03. The summed E-state index contributed by atoms with van der Waals surface area (Å²) in [6, 6.07) is 7.86. The predicted molar refractivity (Wildman–Crippen MR) is 69.3 cm³/mol. The second kappa shape index (κ2) is 6.52. The topological polar surface area (TPSA) is 40.5 Å². The van der Waals surface area contributed by atoms with Crippen molar-refractivity contribution >= 4 is 5.78 Å². The van der Waals surface area contributed by atoms with Crippen LogP contribution in [0.1, 0.15) is 29.8 Å². The summed E-state index contributed by atoms with van der Waals surface area (Å²) in [5, 5.41) is 8.95. The van der Waals surface area contributed by atoms with Gasteiger partial charge in [0.25, 0.3) is 0 Å². The zero-order chi connectivity index (χ0) is 12.8. The van der Waals surface area contributed by atoms with Crippen molar-refractivity contribution < 1.29 is 9.90 Å². The van der Waals surface area contributed by atoms with Crippen LogP contribution in [0.5, 0.6) is 0 Å². The van der Waals surface area contributed by atoms with Crippen LogP contribution >= 0.6 is 0 Å². The number of hydrogen-bond donors (Lipinski definition) is 1. The van der Waals surface area contributed by atoms with E-state index in [4.69, 9.17) is 5.11 Å². The zero-order valence-electron chi connectivity index (χ0n) is 10.8. The molecule has 0 atom stereocenters. The summed E-state index contributed by atoms with van der Waals surface area (Å²) in [6.07, 6.45) is 0. The van der Waals surface area contributed by atoms with E-state index in [9.17, 15) is 4.79 Å². The summed E-state index contributed by atoms with van der Waals surface area (Å²) in [7, 11) is 0. The molecule has 0 saturated heterocycles. The quantitative estimate of drug-likeness (QED) is 0.765. The third-order valence-corrected chi connectivity index (χ3v) is 2.84. The summed E-state index contributed by atoms with van der Waals surface area (Å²) in [5.41, 5.74) is 1.89. The number of rotatable bonds is 6. The normalized spacial score (nSPS) is 11.2. The highest BCUT2D eigenvalue weighted by atomic mass is 16.3. The van der Waals surface area contributed by atoms with Crippen molar-refractivity contribution in [3.8, 4) is 0 Å². The van der Waals surface area contributed by atoms with Crippen LogP contribution < -0.4 is 0 Å². The molecule has 0 spiro atoms. The van der Waals surface area contributed by atoms with Gasteiger partial charge in [0.2, 0.25) is 0 Å². The molecule has 0 heterocycles. The van der Waals surface area contributed by atoms with Gasteiger partial charge in [-0.1, -0.05) is 29.8 Å². The molecule has 0 aliphatic rings. The van der Waals surface area contributed by atoms with E-state index < -0.39 is 0 Å². The molecule has 0 aliphatic heterocycles. The van der Waals surface area contributed by atoms with Crippen LogP contribution in [0.25, 0.3) is 0 Å². The van der Waals surface area contributed by atoms with Crippen LogP contribution in [0.2, 0.25) is 0 Å². The van der Waals surface area contributed by atoms with Crippen molar-refractivity contribution in [3.05, 3.63) is 35.4 Å². The Balaban J connectivity index is 2.66. The Kier molecular flexibility index (Phi) is 5.32. The molecule has 1 N–H and O–H groups in total. The van der Waals surface area contributed by atoms with Gasteiger partial charge in [-0.25, -0.2) is 0 Å². The molecule has 17 heavy (non-hydrogen) atoms. The summed E-state index contributed by atoms with van der Waals surface area (Å²) in [5.74, 6) is 0.104. The molecule has 1 aromatic carbocycles. The number of nitrogens with zero attached hydrogens (tertiary/aromatic N) is 1. The number of carbonyl (C=O) groups is 1. The van der Waals surface area contributed by atoms with Crippen LogP contribution in [0.3, 0.4) is 0 Å². The van der Waals surface area contributed by atoms with Gasteiger partial charge < -0.3 is 5.11 Å². The SMILES string of the molecule is Cc1ccc(C(=O)CN(CCO)C(C)C)cc1. The fourth-order valence-corrected chi connectivity index (χ4v) is 1.66. The van der Waals surface area contributed by atoms with Gasteiger partial charge in [0.05, 0.1) is 13.2 Å². The minimum Gasteiger partial charge on any atom is -0.395 e. The first kappa shape index (κ1) is 13.9. The Morgan fingerprint density at radius 3 is 2.35 bits per heavy atom. The van der Waals surface area contributed by atoms with Crippen molar-refractivity contribution in [2.75, 3.05) is 19.7 Å². The monoisotopic (exact) mass is 235 g/mol. The van der Waals surface area contributed by atoms with E-state index in [1.54, 1.807) is 0 Å². The smallest absolute Gasteiger partial charge is 0.176 e. The van der Waals surface area contributed by atoms with Crippen LogP contribution in [0, 0.1) is 6.92 Å². The van der Waals surface area contributed by atoms with Crippen LogP contribution in [0.4, 0.5) is 0 Å². The molecule has 1 aromatic rings. The predicted octanol–water partition coefficient (Wildman–Crippen LogP) is 1.88. The zero-order valence-corrected chi connectivity index (χ0v) is 10.8. The fourth-order valence-electron chi connectivity index (χ4n) is 1.66. The van der Waals surface area contributed by atoms with E-state index in [0.29, 0.717) is 13.1 Å². The first-order chi connectivity index (χ1) is 8.04. The van der Waals surface area contributed by atoms with Crippen LogP contribution in [-0.2, 0) is 0 Å². The van der Waals surface area contributed by atoms with Crippen LogP contribution in [0.15, 0.2) is 24.3 Å². The lowest BCUT2D eigenvalue weighted by molar-refractivity contribution is 0.0881. The van der Waals surface area contributed by atoms with Crippen molar-refractivity contribution in [1.29, 1.82) is 0 Å². The number of carbonyl (C=O) groups excluding carboxylic acids is 1. The van der Waals surface area contributed by atoms with E-state index in [1.807, 2.05) is 49.9 Å². The van der Waals surface area contributed by atoms with E-state index in [2.05, 4.69) is 0 Å². The van der Waals surface area contributed by atoms with Gasteiger partial charge in [-0.3, -0.25) is 9.69 Å². The Labute approximate surface area is 103 Å². The number of aliphatic hydroxyl groups is 1. The highest BCUT2D eigenvalue weighted by molar-refractivity contribution is 5.97. The lowest BCUT2D eigenvalue weighted by Gasteiger charge is -2.24. The second-order valence-corrected chi connectivity index (χ2v) is 4.58. The lowest BCUT2D eigenvalue weighted by Crippen LogP contribution is -2.37. The molecule has 1 rings (SSSR count). The second-order valence-electron chi connectivity index (χ2n) is 4.58. The van der Waals surface area contributed by atoms with Gasteiger partial charge in [-0.2, -0.15) is 0 Å². The molecule has 94 valence electrons. The summed E-state index contributed by atoms with van der Waals surface area (Å²) >= 11 is 0. The summed E-state index contributed by atoms with van der Waals surface area (Å²) < 4.78 is 0. The highest BCUT2D eigenvalue weighted by Crippen LogP contribution is 2.06. The number of benzene rings is 1. The number of aryl methyl sites for hydroxylation is 1. The molecule has 0 aromatic heterocycles. The van der Waals surface area contributed by atoms with Crippen molar-refractivity contribution in [1.82, 2.24) is 4.90 Å². The molecule has 3 nitrogen and oxygen atoms in total. The van der Waals surface area contributed by atoms with Crippen molar-refractivity contribution in [2.24, 2.45) is 0 Å². The maximum Gasteiger partial charge on any atom is 0.176 e. The largest absolute Gasteiger partial charge is 0.395 e. The fraction of sp³-hybridized carbons (Fsp3) is 0.500. The van der Waals surface area contributed by atoms with E-state index in [0.717, 1.165) is 11.1 Å². The number of ketones is 1. The summed E-state index contributed by atoms with van der Waals surface area (Å²) in [4.78, 5) is 14.0. The van der Waals surface area contributed by atoms with Gasteiger partial charge in [0, 0.05) is 18.2 Å². The van der Waals surface area contributed by atoms with Gasteiger partial charge in [0.1, 0.15) is 0 Å². The van der Waals surface area contributed by atoms with Crippen LogP contribution in [-0.4, -0.2) is 41.5 Å². The molecule has 0 aliphatic carbocycles. The standard InChI is InChI=1S/C14H21NO2/c1-11(2)15(8-9-16)10-14(17)13-6-4-12(3)5-7-13/h4-7,11,16H,8-10H2,1-3H3. The highest BCUT2D eigenvalue weighted by Gasteiger charge is 2.14.